The van der Waals surface area contributed by atoms with Gasteiger partial charge in [0.05, 0.1) is 21.7 Å². The minimum Gasteiger partial charge on any atom is -0.465 e. The lowest BCUT2D eigenvalue weighted by Crippen LogP contribution is -2.35. The molecule has 0 aliphatic carbocycles. The molecule has 1 amide bonds. The number of thiazole rings is 1. The molecule has 1 aromatic heterocycles. The molecule has 0 atom stereocenters. The second-order valence-electron chi connectivity index (χ2n) is 8.15. The number of carbonyl (C=O) groups is 2. The highest BCUT2D eigenvalue weighted by atomic mass is 32.2. The molecule has 10 heteroatoms. The van der Waals surface area contributed by atoms with E-state index in [0.29, 0.717) is 17.9 Å². The van der Waals surface area contributed by atoms with Gasteiger partial charge in [-0.05, 0) is 68.7 Å². The molecule has 0 N–H and O–H groups in total. The van der Waals surface area contributed by atoms with Crippen LogP contribution in [0.15, 0.2) is 52.4 Å². The Hall–Kier alpha value is -2.82. The highest BCUT2D eigenvalue weighted by Crippen LogP contribution is 2.22. The number of amides is 1. The van der Waals surface area contributed by atoms with Crippen molar-refractivity contribution in [2.45, 2.75) is 44.6 Å². The first-order valence-corrected chi connectivity index (χ1v) is 13.5. The van der Waals surface area contributed by atoms with Gasteiger partial charge in [0.25, 0.3) is 5.91 Å². The van der Waals surface area contributed by atoms with Gasteiger partial charge in [-0.3, -0.25) is 9.59 Å². The van der Waals surface area contributed by atoms with Crippen LogP contribution in [0.4, 0.5) is 0 Å². The molecular weight excluding hydrogens is 474 g/mol. The maximum atomic E-state index is 12.9. The lowest BCUT2D eigenvalue weighted by molar-refractivity contribution is -0.143. The summed E-state index contributed by atoms with van der Waals surface area (Å²) in [6, 6.07) is 11.7. The van der Waals surface area contributed by atoms with E-state index >= 15 is 0 Å². The van der Waals surface area contributed by atoms with Crippen LogP contribution in [0.25, 0.3) is 10.2 Å². The molecule has 34 heavy (non-hydrogen) atoms. The third-order valence-corrected chi connectivity index (χ3v) is 8.64. The lowest BCUT2D eigenvalue weighted by Gasteiger charge is -2.25. The van der Waals surface area contributed by atoms with Crippen LogP contribution in [0.1, 0.15) is 42.1 Å². The van der Waals surface area contributed by atoms with E-state index in [0.717, 1.165) is 35.0 Å². The first-order valence-electron chi connectivity index (χ1n) is 11.2. The van der Waals surface area contributed by atoms with E-state index in [-0.39, 0.29) is 23.6 Å². The smallest absolute Gasteiger partial charge is 0.326 e. The number of carbonyl (C=O) groups excluding carboxylic acids is 2. The van der Waals surface area contributed by atoms with Crippen LogP contribution in [0.5, 0.6) is 0 Å². The Morgan fingerprint density at radius 3 is 2.44 bits per heavy atom. The first-order chi connectivity index (χ1) is 16.3. The zero-order chi connectivity index (χ0) is 24.3. The summed E-state index contributed by atoms with van der Waals surface area (Å²) < 4.78 is 34.9. The van der Waals surface area contributed by atoms with E-state index in [4.69, 9.17) is 4.74 Å². The number of piperidine rings is 1. The summed E-state index contributed by atoms with van der Waals surface area (Å²) in [5.74, 6) is -0.924. The third kappa shape index (κ3) is 5.13. The van der Waals surface area contributed by atoms with Crippen LogP contribution in [0.2, 0.25) is 0 Å². The first kappa shape index (κ1) is 24.3. The van der Waals surface area contributed by atoms with Gasteiger partial charge >= 0.3 is 5.97 Å². The van der Waals surface area contributed by atoms with Crippen molar-refractivity contribution in [3.63, 3.8) is 0 Å². The summed E-state index contributed by atoms with van der Waals surface area (Å²) in [4.78, 5) is 29.9. The molecule has 2 heterocycles. The van der Waals surface area contributed by atoms with Gasteiger partial charge in [-0.1, -0.05) is 23.8 Å². The summed E-state index contributed by atoms with van der Waals surface area (Å²) in [5, 5.41) is 0. The number of ether oxygens (including phenoxy) is 1. The molecule has 1 saturated heterocycles. The highest BCUT2D eigenvalue weighted by Gasteiger charge is 2.26. The summed E-state index contributed by atoms with van der Waals surface area (Å²) in [5.41, 5.74) is 2.12. The average molecular weight is 502 g/mol. The van der Waals surface area contributed by atoms with Crippen LogP contribution in [-0.2, 0) is 26.1 Å². The average Bonchev–Trinajstić information content (AvgIpc) is 3.15. The number of hydrogen-bond acceptors (Lipinski definition) is 6. The van der Waals surface area contributed by atoms with Crippen molar-refractivity contribution in [1.82, 2.24) is 8.87 Å². The lowest BCUT2D eigenvalue weighted by atomic mass is 10.2. The summed E-state index contributed by atoms with van der Waals surface area (Å²) in [6.45, 7) is 4.95. The monoisotopic (exact) mass is 501 g/mol. The number of esters is 1. The number of rotatable bonds is 6. The van der Waals surface area contributed by atoms with Gasteiger partial charge in [0.1, 0.15) is 6.54 Å². The predicted octanol–water partition coefficient (Wildman–Crippen LogP) is 3.49. The zero-order valence-corrected chi connectivity index (χ0v) is 20.8. The largest absolute Gasteiger partial charge is 0.465 e. The molecule has 0 unspecified atom stereocenters. The Morgan fingerprint density at radius 1 is 1.06 bits per heavy atom. The maximum Gasteiger partial charge on any atom is 0.326 e. The second kappa shape index (κ2) is 10.2. The van der Waals surface area contributed by atoms with Crippen LogP contribution >= 0.6 is 11.3 Å². The minimum absolute atomic E-state index is 0.0595. The number of aromatic nitrogens is 1. The Labute approximate surface area is 202 Å². The fraction of sp³-hybridized carbons (Fsp3) is 0.375. The fourth-order valence-electron chi connectivity index (χ4n) is 3.93. The van der Waals surface area contributed by atoms with Crippen LogP contribution in [0.3, 0.4) is 0 Å². The highest BCUT2D eigenvalue weighted by molar-refractivity contribution is 7.89. The van der Waals surface area contributed by atoms with E-state index in [2.05, 4.69) is 4.99 Å². The van der Waals surface area contributed by atoms with E-state index in [1.807, 2.05) is 25.1 Å². The van der Waals surface area contributed by atoms with Gasteiger partial charge in [0.2, 0.25) is 10.0 Å². The molecule has 1 aliphatic rings. The van der Waals surface area contributed by atoms with Gasteiger partial charge in [0.15, 0.2) is 4.80 Å². The van der Waals surface area contributed by atoms with Crippen LogP contribution in [0, 0.1) is 6.92 Å². The summed E-state index contributed by atoms with van der Waals surface area (Å²) in [7, 11) is -3.57. The van der Waals surface area contributed by atoms with Gasteiger partial charge in [-0.2, -0.15) is 9.30 Å². The third-order valence-electron chi connectivity index (χ3n) is 5.68. The standard InChI is InChI=1S/C24H27N3O5S2/c1-3-32-22(28)16-27-20-12-7-17(2)15-21(20)33-24(27)25-23(29)18-8-10-19(11-9-18)34(30,31)26-13-5-4-6-14-26/h7-12,15H,3-6,13-14,16H2,1-2H3. The van der Waals surface area contributed by atoms with Gasteiger partial charge in [0, 0.05) is 18.7 Å². The summed E-state index contributed by atoms with van der Waals surface area (Å²) >= 11 is 1.31. The Balaban J connectivity index is 1.66. The molecule has 0 spiro atoms. The zero-order valence-electron chi connectivity index (χ0n) is 19.2. The second-order valence-corrected chi connectivity index (χ2v) is 11.1. The molecule has 0 saturated carbocycles. The molecule has 1 aliphatic heterocycles. The normalized spacial score (nSPS) is 15.5. The SMILES string of the molecule is CCOC(=O)Cn1c(=NC(=O)c2ccc(S(=O)(=O)N3CCCCC3)cc2)sc2cc(C)ccc21. The van der Waals surface area contributed by atoms with Crippen LogP contribution in [-0.4, -0.2) is 48.9 Å². The van der Waals surface area contributed by atoms with Crippen molar-refractivity contribution in [3.05, 3.63) is 58.4 Å². The molecule has 3 aromatic rings. The number of benzene rings is 2. The number of hydrogen-bond donors (Lipinski definition) is 0. The molecule has 0 bridgehead atoms. The minimum atomic E-state index is -3.57. The molecule has 1 fully saturated rings. The van der Waals surface area contributed by atoms with Crippen molar-refractivity contribution in [3.8, 4) is 0 Å². The topological polar surface area (TPSA) is 98.0 Å². The number of aryl methyl sites for hydroxylation is 1. The number of sulfonamides is 1. The molecule has 8 nitrogen and oxygen atoms in total. The Morgan fingerprint density at radius 2 is 1.76 bits per heavy atom. The van der Waals surface area contributed by atoms with Crippen molar-refractivity contribution in [1.29, 1.82) is 0 Å². The quantitative estimate of drug-likeness (QED) is 0.482. The Kier molecular flexibility index (Phi) is 7.30. The van der Waals surface area contributed by atoms with Gasteiger partial charge in [-0.25, -0.2) is 8.42 Å². The van der Waals surface area contributed by atoms with Crippen molar-refractivity contribution >= 4 is 43.5 Å². The van der Waals surface area contributed by atoms with Crippen LogP contribution < -0.4 is 4.80 Å². The molecule has 2 aromatic carbocycles. The van der Waals surface area contributed by atoms with Gasteiger partial charge < -0.3 is 9.30 Å². The molecular formula is C24H27N3O5S2. The van der Waals surface area contributed by atoms with Crippen molar-refractivity contribution in [2.75, 3.05) is 19.7 Å². The maximum absolute atomic E-state index is 12.9. The van der Waals surface area contributed by atoms with E-state index in [1.54, 1.807) is 11.5 Å². The predicted molar refractivity (Wildman–Crippen MR) is 130 cm³/mol. The Bertz CT molecular complexity index is 1380. The van der Waals surface area contributed by atoms with Crippen molar-refractivity contribution in [2.24, 2.45) is 4.99 Å². The van der Waals surface area contributed by atoms with Gasteiger partial charge in [-0.15, -0.1) is 0 Å². The number of nitrogens with zero attached hydrogens (tertiary/aromatic N) is 3. The van der Waals surface area contributed by atoms with Crippen molar-refractivity contribution < 1.29 is 22.7 Å². The summed E-state index contributed by atoms with van der Waals surface area (Å²) in [6.07, 6.45) is 2.75. The number of fused-ring (bicyclic) bond motifs is 1. The van der Waals surface area contributed by atoms with E-state index < -0.39 is 21.9 Å². The molecule has 4 rings (SSSR count). The molecule has 180 valence electrons. The van der Waals surface area contributed by atoms with E-state index in [1.165, 1.54) is 39.9 Å². The molecule has 0 radical (unpaired) electrons. The fourth-order valence-corrected chi connectivity index (χ4v) is 6.57. The van der Waals surface area contributed by atoms with E-state index in [9.17, 15) is 18.0 Å².